The minimum atomic E-state index is -0.760. The molecule has 7 heteroatoms. The number of rotatable bonds is 4. The number of carbonyl (C=O) groups is 2. The van der Waals surface area contributed by atoms with E-state index in [4.69, 9.17) is 9.47 Å². The topological polar surface area (TPSA) is 94.7 Å². The number of pyridine rings is 1. The van der Waals surface area contributed by atoms with Crippen molar-refractivity contribution in [2.75, 3.05) is 21.3 Å². The lowest BCUT2D eigenvalue weighted by Crippen LogP contribution is -2.27. The first kappa shape index (κ1) is 17.7. The highest BCUT2D eigenvalue weighted by atomic mass is 16.5. The Bertz CT molecular complexity index is 930. The van der Waals surface area contributed by atoms with Crippen LogP contribution in [0.25, 0.3) is 0 Å². The van der Waals surface area contributed by atoms with Crippen LogP contribution >= 0.6 is 0 Å². The van der Waals surface area contributed by atoms with E-state index in [1.54, 1.807) is 20.3 Å². The molecule has 0 unspecified atom stereocenters. The number of aromatic nitrogens is 1. The summed E-state index contributed by atoms with van der Waals surface area (Å²) in [5.74, 6) is 0.193. The first-order valence-corrected chi connectivity index (χ1v) is 8.08. The van der Waals surface area contributed by atoms with Crippen LogP contribution in [0.5, 0.6) is 11.5 Å². The fraction of sp³-hybridized carbons (Fsp3) is 0.316. The molecule has 0 radical (unpaired) electrons. The highest BCUT2D eigenvalue weighted by Gasteiger charge is 2.29. The number of ether oxygens (including phenoxy) is 3. The summed E-state index contributed by atoms with van der Waals surface area (Å²) in [5, 5.41) is 0. The van der Waals surface area contributed by atoms with Crippen molar-refractivity contribution in [3.8, 4) is 11.5 Å². The standard InChI is InChI=1S/C19H19NO6/c1-24-16-5-4-10(8-17(16)25-2)11-6-14-12(15(21)7-11)9-13(18(22)20-14)19(23)26-3/h4-5,8-9,11H,6-7H2,1-3H3,(H,20,22)/t11-/m1/s1. The highest BCUT2D eigenvalue weighted by Crippen LogP contribution is 2.36. The lowest BCUT2D eigenvalue weighted by molar-refractivity contribution is 0.0598. The summed E-state index contributed by atoms with van der Waals surface area (Å²) in [4.78, 5) is 39.0. The SMILES string of the molecule is COC(=O)c1cc2c([nH]c1=O)C[C@@H](c1ccc(OC)c(OC)c1)CC2=O. The molecule has 2 aromatic rings. The molecule has 0 saturated heterocycles. The fourth-order valence-electron chi connectivity index (χ4n) is 3.23. The summed E-state index contributed by atoms with van der Waals surface area (Å²) in [5.41, 5.74) is 1.08. The Hall–Kier alpha value is -3.09. The third-order valence-electron chi connectivity index (χ3n) is 4.59. The maximum Gasteiger partial charge on any atom is 0.343 e. The number of hydrogen-bond acceptors (Lipinski definition) is 6. The molecular formula is C19H19NO6. The first-order chi connectivity index (χ1) is 12.5. The van der Waals surface area contributed by atoms with Crippen molar-refractivity contribution < 1.29 is 23.8 Å². The second-order valence-corrected chi connectivity index (χ2v) is 6.04. The summed E-state index contributed by atoms with van der Waals surface area (Å²) >= 11 is 0. The molecule has 1 atom stereocenters. The third kappa shape index (κ3) is 3.08. The van der Waals surface area contributed by atoms with Crippen molar-refractivity contribution in [1.29, 1.82) is 0 Å². The average molecular weight is 357 g/mol. The molecule has 0 spiro atoms. The molecule has 1 aliphatic carbocycles. The minimum Gasteiger partial charge on any atom is -0.493 e. The zero-order valence-corrected chi connectivity index (χ0v) is 14.8. The summed E-state index contributed by atoms with van der Waals surface area (Å²) < 4.78 is 15.1. The molecule has 26 heavy (non-hydrogen) atoms. The van der Waals surface area contributed by atoms with Gasteiger partial charge in [0.05, 0.1) is 21.3 Å². The minimum absolute atomic E-state index is 0.102. The van der Waals surface area contributed by atoms with Crippen LogP contribution in [0.1, 0.15) is 44.3 Å². The van der Waals surface area contributed by atoms with Gasteiger partial charge in [-0.15, -0.1) is 0 Å². The lowest BCUT2D eigenvalue weighted by Gasteiger charge is -2.24. The molecule has 0 amide bonds. The Morgan fingerprint density at radius 1 is 1.04 bits per heavy atom. The van der Waals surface area contributed by atoms with E-state index in [0.717, 1.165) is 5.56 Å². The van der Waals surface area contributed by atoms with E-state index < -0.39 is 11.5 Å². The molecule has 1 aromatic heterocycles. The van der Waals surface area contributed by atoms with Crippen molar-refractivity contribution >= 4 is 11.8 Å². The molecule has 136 valence electrons. The number of ketones is 1. The molecule has 7 nitrogen and oxygen atoms in total. The molecule has 1 heterocycles. The van der Waals surface area contributed by atoms with Crippen LogP contribution in [0, 0.1) is 0 Å². The second kappa shape index (κ2) is 7.03. The quantitative estimate of drug-likeness (QED) is 0.842. The first-order valence-electron chi connectivity index (χ1n) is 8.08. The predicted octanol–water partition coefficient (Wildman–Crippen LogP) is 2.09. The van der Waals surface area contributed by atoms with Crippen molar-refractivity contribution in [2.24, 2.45) is 0 Å². The van der Waals surface area contributed by atoms with Crippen molar-refractivity contribution in [3.05, 3.63) is 57.0 Å². The van der Waals surface area contributed by atoms with Gasteiger partial charge in [-0.25, -0.2) is 4.79 Å². The molecule has 1 aliphatic rings. The molecule has 0 bridgehead atoms. The number of nitrogens with one attached hydrogen (secondary N) is 1. The molecule has 0 aliphatic heterocycles. The van der Waals surface area contributed by atoms with Crippen molar-refractivity contribution in [1.82, 2.24) is 4.98 Å². The van der Waals surface area contributed by atoms with E-state index in [1.807, 2.05) is 12.1 Å². The van der Waals surface area contributed by atoms with Crippen LogP contribution in [-0.4, -0.2) is 38.1 Å². The Labute approximate surface area is 149 Å². The van der Waals surface area contributed by atoms with Crippen LogP contribution in [0.15, 0.2) is 29.1 Å². The summed E-state index contributed by atoms with van der Waals surface area (Å²) in [6.45, 7) is 0. The van der Waals surface area contributed by atoms with Gasteiger partial charge in [0.15, 0.2) is 17.3 Å². The van der Waals surface area contributed by atoms with Gasteiger partial charge < -0.3 is 19.2 Å². The van der Waals surface area contributed by atoms with E-state index in [0.29, 0.717) is 29.2 Å². The summed E-state index contributed by atoms with van der Waals surface area (Å²) in [7, 11) is 4.30. The molecule has 1 aromatic carbocycles. The van der Waals surface area contributed by atoms with Gasteiger partial charge in [0, 0.05) is 17.7 Å². The van der Waals surface area contributed by atoms with Crippen LogP contribution in [-0.2, 0) is 11.2 Å². The Balaban J connectivity index is 1.98. The van der Waals surface area contributed by atoms with E-state index in [9.17, 15) is 14.4 Å². The molecule has 3 rings (SSSR count). The number of fused-ring (bicyclic) bond motifs is 1. The van der Waals surface area contributed by atoms with E-state index in [-0.39, 0.29) is 23.7 Å². The Morgan fingerprint density at radius 2 is 1.77 bits per heavy atom. The zero-order valence-electron chi connectivity index (χ0n) is 14.8. The summed E-state index contributed by atoms with van der Waals surface area (Å²) in [6, 6.07) is 6.83. The van der Waals surface area contributed by atoms with Gasteiger partial charge in [0.2, 0.25) is 0 Å². The van der Waals surface area contributed by atoms with Gasteiger partial charge in [-0.3, -0.25) is 9.59 Å². The smallest absolute Gasteiger partial charge is 0.343 e. The maximum atomic E-state index is 12.6. The Morgan fingerprint density at radius 3 is 2.42 bits per heavy atom. The maximum absolute atomic E-state index is 12.6. The number of Topliss-reactive ketones (excluding diaryl/α,β-unsaturated/α-hetero) is 1. The van der Waals surface area contributed by atoms with Gasteiger partial charge in [0.25, 0.3) is 5.56 Å². The highest BCUT2D eigenvalue weighted by molar-refractivity contribution is 6.01. The normalized spacial score (nSPS) is 16.0. The summed E-state index contributed by atoms with van der Waals surface area (Å²) in [6.07, 6.45) is 0.752. The monoisotopic (exact) mass is 357 g/mol. The van der Waals surface area contributed by atoms with Crippen LogP contribution in [0.2, 0.25) is 0 Å². The number of H-pyrrole nitrogens is 1. The third-order valence-corrected chi connectivity index (χ3v) is 4.59. The van der Waals surface area contributed by atoms with Crippen LogP contribution in [0.3, 0.4) is 0 Å². The largest absolute Gasteiger partial charge is 0.493 e. The van der Waals surface area contributed by atoms with Gasteiger partial charge in [-0.1, -0.05) is 6.07 Å². The van der Waals surface area contributed by atoms with Gasteiger partial charge in [0.1, 0.15) is 5.56 Å². The number of methoxy groups -OCH3 is 3. The molecule has 1 N–H and O–H groups in total. The molecular weight excluding hydrogens is 338 g/mol. The molecule has 0 fully saturated rings. The fourth-order valence-corrected chi connectivity index (χ4v) is 3.23. The zero-order chi connectivity index (χ0) is 18.8. The van der Waals surface area contributed by atoms with Gasteiger partial charge in [-0.2, -0.15) is 0 Å². The second-order valence-electron chi connectivity index (χ2n) is 6.04. The van der Waals surface area contributed by atoms with Gasteiger partial charge in [-0.05, 0) is 36.1 Å². The number of esters is 1. The van der Waals surface area contributed by atoms with E-state index in [2.05, 4.69) is 9.72 Å². The average Bonchev–Trinajstić information content (AvgIpc) is 2.66. The lowest BCUT2D eigenvalue weighted by atomic mass is 9.81. The van der Waals surface area contributed by atoms with Crippen LogP contribution in [0.4, 0.5) is 0 Å². The Kier molecular flexibility index (Phi) is 4.79. The van der Waals surface area contributed by atoms with E-state index in [1.165, 1.54) is 13.2 Å². The molecule has 0 saturated carbocycles. The van der Waals surface area contributed by atoms with E-state index >= 15 is 0 Å². The van der Waals surface area contributed by atoms with Crippen molar-refractivity contribution in [3.63, 3.8) is 0 Å². The predicted molar refractivity (Wildman–Crippen MR) is 93.3 cm³/mol. The van der Waals surface area contributed by atoms with Crippen LogP contribution < -0.4 is 15.0 Å². The number of benzene rings is 1. The number of hydrogen-bond donors (Lipinski definition) is 1. The number of aromatic amines is 1. The number of carbonyl (C=O) groups excluding carboxylic acids is 2. The van der Waals surface area contributed by atoms with Crippen molar-refractivity contribution in [2.45, 2.75) is 18.8 Å². The van der Waals surface area contributed by atoms with Gasteiger partial charge >= 0.3 is 5.97 Å².